The van der Waals surface area contributed by atoms with Crippen molar-refractivity contribution in [2.75, 3.05) is 5.75 Å². The third kappa shape index (κ3) is 3.85. The van der Waals surface area contributed by atoms with E-state index in [2.05, 4.69) is 0 Å². The van der Waals surface area contributed by atoms with E-state index in [1.807, 2.05) is 54.6 Å². The van der Waals surface area contributed by atoms with Gasteiger partial charge >= 0.3 is 0 Å². The quantitative estimate of drug-likeness (QED) is 0.823. The van der Waals surface area contributed by atoms with Crippen LogP contribution in [0.1, 0.15) is 31.1 Å². The van der Waals surface area contributed by atoms with Crippen molar-refractivity contribution in [3.05, 3.63) is 65.7 Å². The number of hydrogen-bond acceptors (Lipinski definition) is 3. The first-order valence-electron chi connectivity index (χ1n) is 6.66. The van der Waals surface area contributed by atoms with Gasteiger partial charge in [0.15, 0.2) is 0 Å². The monoisotopic (exact) mass is 288 g/mol. The summed E-state index contributed by atoms with van der Waals surface area (Å²) in [5.74, 6) is 0.567. The van der Waals surface area contributed by atoms with Gasteiger partial charge in [-0.25, -0.2) is 0 Å². The van der Waals surface area contributed by atoms with Crippen LogP contribution in [0, 0.1) is 0 Å². The van der Waals surface area contributed by atoms with Crippen LogP contribution in [0.3, 0.4) is 0 Å². The summed E-state index contributed by atoms with van der Waals surface area (Å²) >= 11 is 1.57. The third-order valence-corrected chi connectivity index (χ3v) is 4.28. The molecule has 2 aromatic rings. The maximum Gasteiger partial charge on any atom is 0.0883 e. The molecule has 0 bridgehead atoms. The number of hydrogen-bond donors (Lipinski definition) is 2. The molecular formula is C17H20O2S. The molecule has 2 nitrogen and oxygen atoms in total. The van der Waals surface area contributed by atoms with Gasteiger partial charge in [0.25, 0.3) is 0 Å². The van der Waals surface area contributed by atoms with Crippen molar-refractivity contribution in [3.8, 4) is 0 Å². The van der Waals surface area contributed by atoms with Gasteiger partial charge in [-0.3, -0.25) is 0 Å². The number of aliphatic hydroxyl groups is 2. The van der Waals surface area contributed by atoms with Crippen LogP contribution in [0.5, 0.6) is 0 Å². The smallest absolute Gasteiger partial charge is 0.0883 e. The predicted molar refractivity (Wildman–Crippen MR) is 83.8 cm³/mol. The Morgan fingerprint density at radius 3 is 2.25 bits per heavy atom. The van der Waals surface area contributed by atoms with Crippen LogP contribution in [0.15, 0.2) is 59.5 Å². The van der Waals surface area contributed by atoms with Gasteiger partial charge in [0.2, 0.25) is 0 Å². The molecule has 0 radical (unpaired) electrons. The fourth-order valence-electron chi connectivity index (χ4n) is 2.04. The van der Waals surface area contributed by atoms with Crippen molar-refractivity contribution < 1.29 is 10.2 Å². The van der Waals surface area contributed by atoms with E-state index in [-0.39, 0.29) is 0 Å². The summed E-state index contributed by atoms with van der Waals surface area (Å²) in [6, 6.07) is 17.4. The molecule has 0 unspecified atom stereocenters. The molecular weight excluding hydrogens is 268 g/mol. The summed E-state index contributed by atoms with van der Waals surface area (Å²) < 4.78 is 0. The topological polar surface area (TPSA) is 40.5 Å². The first-order chi connectivity index (χ1) is 9.48. The number of rotatable bonds is 5. The molecule has 0 aromatic heterocycles. The minimum atomic E-state index is -0.874. The molecule has 0 aliphatic carbocycles. The SMILES string of the molecule is CC(C)(O)c1ccccc1SC[C@@H](O)c1ccccc1. The Morgan fingerprint density at radius 1 is 1.00 bits per heavy atom. The zero-order valence-corrected chi connectivity index (χ0v) is 12.6. The lowest BCUT2D eigenvalue weighted by molar-refractivity contribution is 0.0757. The van der Waals surface area contributed by atoms with Gasteiger partial charge in [0.1, 0.15) is 0 Å². The third-order valence-electron chi connectivity index (χ3n) is 3.13. The van der Waals surface area contributed by atoms with E-state index in [0.717, 1.165) is 16.0 Å². The highest BCUT2D eigenvalue weighted by molar-refractivity contribution is 7.99. The molecule has 2 rings (SSSR count). The Balaban J connectivity index is 2.08. The highest BCUT2D eigenvalue weighted by Crippen LogP contribution is 2.33. The summed E-state index contributed by atoms with van der Waals surface area (Å²) in [7, 11) is 0. The van der Waals surface area contributed by atoms with E-state index in [0.29, 0.717) is 5.75 Å². The molecule has 0 aliphatic heterocycles. The second kappa shape index (κ2) is 6.44. The zero-order chi connectivity index (χ0) is 14.6. The van der Waals surface area contributed by atoms with Crippen molar-refractivity contribution in [2.24, 2.45) is 0 Å². The molecule has 1 atom stereocenters. The van der Waals surface area contributed by atoms with Crippen molar-refractivity contribution >= 4 is 11.8 Å². The van der Waals surface area contributed by atoms with Crippen molar-refractivity contribution in [2.45, 2.75) is 30.4 Å². The van der Waals surface area contributed by atoms with Crippen LogP contribution < -0.4 is 0 Å². The van der Waals surface area contributed by atoms with E-state index in [9.17, 15) is 10.2 Å². The molecule has 0 saturated heterocycles. The number of thioether (sulfide) groups is 1. The number of benzene rings is 2. The highest BCUT2D eigenvalue weighted by atomic mass is 32.2. The van der Waals surface area contributed by atoms with E-state index in [4.69, 9.17) is 0 Å². The fourth-order valence-corrected chi connectivity index (χ4v) is 3.22. The van der Waals surface area contributed by atoms with Crippen molar-refractivity contribution in [3.63, 3.8) is 0 Å². The molecule has 0 amide bonds. The summed E-state index contributed by atoms with van der Waals surface area (Å²) in [4.78, 5) is 1.01. The molecule has 0 fully saturated rings. The summed E-state index contributed by atoms with van der Waals surface area (Å²) in [5, 5.41) is 20.4. The van der Waals surface area contributed by atoms with Gasteiger partial charge in [0, 0.05) is 10.6 Å². The van der Waals surface area contributed by atoms with E-state index >= 15 is 0 Å². The van der Waals surface area contributed by atoms with Crippen LogP contribution >= 0.6 is 11.8 Å². The lowest BCUT2D eigenvalue weighted by atomic mass is 9.99. The lowest BCUT2D eigenvalue weighted by Crippen LogP contribution is -2.16. The molecule has 0 saturated carbocycles. The van der Waals surface area contributed by atoms with E-state index in [1.54, 1.807) is 25.6 Å². The van der Waals surface area contributed by atoms with Crippen LogP contribution in [0.25, 0.3) is 0 Å². The van der Waals surface area contributed by atoms with Gasteiger partial charge in [-0.2, -0.15) is 0 Å². The first-order valence-corrected chi connectivity index (χ1v) is 7.65. The second-order valence-corrected chi connectivity index (χ2v) is 6.35. The van der Waals surface area contributed by atoms with Gasteiger partial charge in [-0.1, -0.05) is 48.5 Å². The Labute approximate surface area is 124 Å². The average Bonchev–Trinajstić information content (AvgIpc) is 2.45. The molecule has 20 heavy (non-hydrogen) atoms. The molecule has 0 aliphatic rings. The Bertz CT molecular complexity index is 546. The van der Waals surface area contributed by atoms with Crippen LogP contribution in [-0.4, -0.2) is 16.0 Å². The molecule has 0 heterocycles. The summed E-state index contributed by atoms with van der Waals surface area (Å²) in [6.45, 7) is 3.56. The zero-order valence-electron chi connectivity index (χ0n) is 11.8. The number of aliphatic hydroxyl groups excluding tert-OH is 1. The molecule has 106 valence electrons. The van der Waals surface area contributed by atoms with Crippen LogP contribution in [-0.2, 0) is 5.60 Å². The second-order valence-electron chi connectivity index (χ2n) is 5.29. The maximum atomic E-state index is 10.2. The molecule has 0 spiro atoms. The first kappa shape index (κ1) is 15.1. The summed E-state index contributed by atoms with van der Waals surface area (Å²) in [5.41, 5.74) is 0.937. The van der Waals surface area contributed by atoms with Gasteiger partial charge in [-0.05, 0) is 31.0 Å². The van der Waals surface area contributed by atoms with Crippen LogP contribution in [0.2, 0.25) is 0 Å². The Hall–Kier alpha value is -1.29. The van der Waals surface area contributed by atoms with Gasteiger partial charge < -0.3 is 10.2 Å². The lowest BCUT2D eigenvalue weighted by Gasteiger charge is -2.21. The fraction of sp³-hybridized carbons (Fsp3) is 0.294. The Kier molecular flexibility index (Phi) is 4.86. The average molecular weight is 288 g/mol. The van der Waals surface area contributed by atoms with Gasteiger partial charge in [-0.15, -0.1) is 11.8 Å². The highest BCUT2D eigenvalue weighted by Gasteiger charge is 2.20. The minimum absolute atomic E-state index is 0.504. The van der Waals surface area contributed by atoms with Crippen molar-refractivity contribution in [1.29, 1.82) is 0 Å². The molecule has 2 aromatic carbocycles. The maximum absolute atomic E-state index is 10.2. The van der Waals surface area contributed by atoms with E-state index in [1.165, 1.54) is 0 Å². The molecule has 3 heteroatoms. The minimum Gasteiger partial charge on any atom is -0.388 e. The Morgan fingerprint density at radius 2 is 1.60 bits per heavy atom. The normalized spacial score (nSPS) is 13.2. The largest absolute Gasteiger partial charge is 0.388 e. The van der Waals surface area contributed by atoms with Gasteiger partial charge in [0.05, 0.1) is 11.7 Å². The molecule has 2 N–H and O–H groups in total. The standard InChI is InChI=1S/C17H20O2S/c1-17(2,19)14-10-6-7-11-16(14)20-12-15(18)13-8-4-3-5-9-13/h3-11,15,18-19H,12H2,1-2H3/t15-/m1/s1. The predicted octanol–water partition coefficient (Wildman–Crippen LogP) is 3.74. The summed E-state index contributed by atoms with van der Waals surface area (Å²) in [6.07, 6.45) is -0.504. The van der Waals surface area contributed by atoms with Crippen molar-refractivity contribution in [1.82, 2.24) is 0 Å². The van der Waals surface area contributed by atoms with Crippen LogP contribution in [0.4, 0.5) is 0 Å². The van der Waals surface area contributed by atoms with E-state index < -0.39 is 11.7 Å².